The lowest BCUT2D eigenvalue weighted by Crippen LogP contribution is -2.59. The molecule has 11 heteroatoms. The van der Waals surface area contributed by atoms with E-state index in [1.165, 1.54) is 27.7 Å². The van der Waals surface area contributed by atoms with E-state index in [0.717, 1.165) is 9.80 Å². The Hall–Kier alpha value is -0.630. The molecule has 0 radical (unpaired) electrons. The van der Waals surface area contributed by atoms with Crippen molar-refractivity contribution in [2.45, 2.75) is 103 Å². The Bertz CT molecular complexity index is 383. The van der Waals surface area contributed by atoms with Gasteiger partial charge in [-0.15, -0.1) is 0 Å². The minimum absolute atomic E-state index is 0.205. The Kier molecular flexibility index (Phi) is 12.5. The maximum atomic E-state index is 10.5. The molecule has 0 aliphatic rings. The second kappa shape index (κ2) is 12.8. The second-order valence-electron chi connectivity index (χ2n) is 7.36. The van der Waals surface area contributed by atoms with Gasteiger partial charge in [0.05, 0.1) is 24.4 Å². The predicted molar refractivity (Wildman–Crippen MR) is 105 cm³/mol. The molecule has 10 nitrogen and oxygen atoms in total. The van der Waals surface area contributed by atoms with Crippen molar-refractivity contribution in [1.29, 1.82) is 0 Å². The molecule has 0 heterocycles. The smallest absolute Gasteiger partial charge is 0.179 e. The zero-order chi connectivity index (χ0) is 22.2. The van der Waals surface area contributed by atoms with Gasteiger partial charge in [-0.3, -0.25) is 9.80 Å². The van der Waals surface area contributed by atoms with Crippen molar-refractivity contribution in [3.63, 3.8) is 0 Å². The lowest BCUT2D eigenvalue weighted by atomic mass is 10.1. The summed E-state index contributed by atoms with van der Waals surface area (Å²) in [6, 6.07) is 0. The maximum absolute atomic E-state index is 10.5. The quantitative estimate of drug-likeness (QED) is 0.131. The lowest BCUT2D eigenvalue weighted by Gasteiger charge is -2.43. The van der Waals surface area contributed by atoms with E-state index >= 15 is 0 Å². The van der Waals surface area contributed by atoms with Crippen molar-refractivity contribution in [3.8, 4) is 0 Å². The van der Waals surface area contributed by atoms with Crippen molar-refractivity contribution in [1.82, 2.24) is 9.80 Å². The van der Waals surface area contributed by atoms with E-state index in [9.17, 15) is 40.9 Å². The number of aliphatic hydroxyl groups excluding tert-OH is 8. The molecule has 0 saturated carbocycles. The SMILES string of the molecule is C[C@H](O)C[C@@H](O)N(C(=S)N([C@H](O)C[C@H](C)O)[C@@H](O)C[C@H](C)O)[C@H](O)C[C@H](C)O. The molecule has 0 aromatic rings. The van der Waals surface area contributed by atoms with Gasteiger partial charge in [-0.1, -0.05) is 0 Å². The summed E-state index contributed by atoms with van der Waals surface area (Å²) in [7, 11) is 0. The van der Waals surface area contributed by atoms with Gasteiger partial charge in [-0.2, -0.15) is 0 Å². The summed E-state index contributed by atoms with van der Waals surface area (Å²) in [5.41, 5.74) is 0. The third-order valence-electron chi connectivity index (χ3n) is 3.93. The van der Waals surface area contributed by atoms with Crippen molar-refractivity contribution < 1.29 is 40.9 Å². The molecule has 0 amide bonds. The Balaban J connectivity index is 5.86. The third kappa shape index (κ3) is 9.72. The predicted octanol–water partition coefficient (Wildman–Crippen LogP) is -1.77. The zero-order valence-electron chi connectivity index (χ0n) is 16.8. The van der Waals surface area contributed by atoms with Crippen LogP contribution < -0.4 is 0 Å². The summed E-state index contributed by atoms with van der Waals surface area (Å²) in [4.78, 5) is 1.79. The van der Waals surface area contributed by atoms with Crippen molar-refractivity contribution in [2.24, 2.45) is 0 Å². The average Bonchev–Trinajstić information content (AvgIpc) is 2.43. The zero-order valence-corrected chi connectivity index (χ0v) is 17.6. The highest BCUT2D eigenvalue weighted by molar-refractivity contribution is 7.80. The maximum Gasteiger partial charge on any atom is 0.179 e. The summed E-state index contributed by atoms with van der Waals surface area (Å²) in [6.45, 7) is 5.70. The summed E-state index contributed by atoms with van der Waals surface area (Å²) in [5, 5.41) is 79.8. The first-order valence-corrected chi connectivity index (χ1v) is 9.73. The van der Waals surface area contributed by atoms with Crippen molar-refractivity contribution >= 4 is 17.3 Å². The number of hydrogen-bond acceptors (Lipinski definition) is 9. The molecule has 0 unspecified atom stereocenters. The Labute approximate surface area is 171 Å². The Morgan fingerprint density at radius 1 is 0.536 bits per heavy atom. The molecule has 0 rings (SSSR count). The molecule has 8 atom stereocenters. The summed E-state index contributed by atoms with van der Waals surface area (Å²) >= 11 is 5.30. The van der Waals surface area contributed by atoms with Gasteiger partial charge in [-0.25, -0.2) is 0 Å². The van der Waals surface area contributed by atoms with Gasteiger partial charge in [0, 0.05) is 25.7 Å². The van der Waals surface area contributed by atoms with Crippen LogP contribution in [0.2, 0.25) is 0 Å². The largest absolute Gasteiger partial charge is 0.393 e. The lowest BCUT2D eigenvalue weighted by molar-refractivity contribution is -0.120. The van der Waals surface area contributed by atoms with Crippen LogP contribution in [0.4, 0.5) is 0 Å². The first kappa shape index (κ1) is 27.4. The van der Waals surface area contributed by atoms with Gasteiger partial charge in [0.1, 0.15) is 24.9 Å². The van der Waals surface area contributed by atoms with Crippen molar-refractivity contribution in [3.05, 3.63) is 0 Å². The van der Waals surface area contributed by atoms with Crippen molar-refractivity contribution in [2.75, 3.05) is 0 Å². The van der Waals surface area contributed by atoms with E-state index in [2.05, 4.69) is 0 Å². The summed E-state index contributed by atoms with van der Waals surface area (Å²) < 4.78 is 0. The molecule has 0 saturated heterocycles. The number of rotatable bonds is 12. The fourth-order valence-electron chi connectivity index (χ4n) is 2.72. The number of hydrogen-bond donors (Lipinski definition) is 8. The highest BCUT2D eigenvalue weighted by atomic mass is 32.1. The van der Waals surface area contributed by atoms with Gasteiger partial charge in [0.15, 0.2) is 5.11 Å². The van der Waals surface area contributed by atoms with Crippen LogP contribution in [-0.2, 0) is 0 Å². The van der Waals surface area contributed by atoms with Crippen LogP contribution in [0, 0.1) is 0 Å². The molecule has 0 aromatic carbocycles. The molecule has 0 aliphatic heterocycles. The van der Waals surface area contributed by atoms with Crippen LogP contribution in [0.5, 0.6) is 0 Å². The monoisotopic (exact) mass is 428 g/mol. The topological polar surface area (TPSA) is 168 Å². The molecule has 28 heavy (non-hydrogen) atoms. The van der Waals surface area contributed by atoms with E-state index in [1.54, 1.807) is 0 Å². The summed E-state index contributed by atoms with van der Waals surface area (Å²) in [6.07, 6.45) is -10.5. The minimum atomic E-state index is -1.48. The number of aliphatic hydroxyl groups is 8. The third-order valence-corrected chi connectivity index (χ3v) is 4.36. The van der Waals surface area contributed by atoms with Gasteiger partial charge >= 0.3 is 0 Å². The molecule has 0 aromatic heterocycles. The molecule has 0 spiro atoms. The van der Waals surface area contributed by atoms with E-state index in [1.807, 2.05) is 0 Å². The molecule has 0 bridgehead atoms. The van der Waals surface area contributed by atoms with Gasteiger partial charge in [0.2, 0.25) is 0 Å². The average molecular weight is 429 g/mol. The van der Waals surface area contributed by atoms with Crippen LogP contribution in [0.3, 0.4) is 0 Å². The molecule has 168 valence electrons. The highest BCUT2D eigenvalue weighted by Gasteiger charge is 2.36. The number of thiocarbonyl (C=S) groups is 1. The fourth-order valence-corrected chi connectivity index (χ4v) is 3.20. The van der Waals surface area contributed by atoms with Gasteiger partial charge in [-0.05, 0) is 39.9 Å². The van der Waals surface area contributed by atoms with Gasteiger partial charge < -0.3 is 40.9 Å². The first-order chi connectivity index (χ1) is 12.8. The van der Waals surface area contributed by atoms with Gasteiger partial charge in [0.25, 0.3) is 0 Å². The van der Waals surface area contributed by atoms with E-state index < -0.39 is 49.3 Å². The van der Waals surface area contributed by atoms with E-state index in [0.29, 0.717) is 0 Å². The highest BCUT2D eigenvalue weighted by Crippen LogP contribution is 2.21. The van der Waals surface area contributed by atoms with E-state index in [4.69, 9.17) is 12.2 Å². The minimum Gasteiger partial charge on any atom is -0.393 e. The molecule has 8 N–H and O–H groups in total. The van der Waals surface area contributed by atoms with Crippen LogP contribution in [0.15, 0.2) is 0 Å². The molecular formula is C17H36N2O8S. The Morgan fingerprint density at radius 2 is 0.714 bits per heavy atom. The van der Waals surface area contributed by atoms with E-state index in [-0.39, 0.29) is 30.8 Å². The Morgan fingerprint density at radius 3 is 0.857 bits per heavy atom. The fraction of sp³-hybridized carbons (Fsp3) is 0.941. The standard InChI is InChI=1S/C17H36N2O8S/c1-9(20)5-13(24)18(14(25)6-10(2)21)17(28)19(15(26)7-11(3)22)16(27)8-12(4)23/h9-16,20-27H,5-8H2,1-4H3/t9-,10-,11-,12-,13-,14+,15+,16+/m0/s1. The van der Waals surface area contributed by atoms with Crippen LogP contribution in [0.25, 0.3) is 0 Å². The normalized spacial score (nSPS) is 20.4. The first-order valence-electron chi connectivity index (χ1n) is 9.33. The second-order valence-corrected chi connectivity index (χ2v) is 7.72. The van der Waals surface area contributed by atoms with Crippen LogP contribution in [-0.4, -0.2) is 105 Å². The molecule has 0 aliphatic carbocycles. The van der Waals surface area contributed by atoms with Crippen LogP contribution >= 0.6 is 12.2 Å². The molecular weight excluding hydrogens is 392 g/mol. The number of nitrogens with zero attached hydrogens (tertiary/aromatic N) is 2. The summed E-state index contributed by atoms with van der Waals surface area (Å²) in [5.74, 6) is 0. The molecule has 0 fully saturated rings. The van der Waals surface area contributed by atoms with Crippen LogP contribution in [0.1, 0.15) is 53.4 Å².